The Morgan fingerprint density at radius 2 is 2.20 bits per heavy atom. The van der Waals surface area contributed by atoms with Crippen molar-refractivity contribution in [3.8, 4) is 0 Å². The van der Waals surface area contributed by atoms with Gasteiger partial charge in [-0.15, -0.1) is 0 Å². The molecule has 1 fully saturated rings. The Labute approximate surface area is 90.0 Å². The summed E-state index contributed by atoms with van der Waals surface area (Å²) in [7, 11) is 0. The van der Waals surface area contributed by atoms with Crippen molar-refractivity contribution >= 4 is 11.9 Å². The van der Waals surface area contributed by atoms with Crippen molar-refractivity contribution in [2.24, 2.45) is 5.73 Å². The number of nitrogens with one attached hydrogen (secondary N) is 1. The first kappa shape index (κ1) is 12.0. The summed E-state index contributed by atoms with van der Waals surface area (Å²) in [5.74, 6) is -0.259. The minimum absolute atomic E-state index is 0.0322. The summed E-state index contributed by atoms with van der Waals surface area (Å²) in [5, 5.41) is 2.70. The Bertz CT molecular complexity index is 253. The van der Waals surface area contributed by atoms with Crippen LogP contribution in [0.3, 0.4) is 0 Å². The van der Waals surface area contributed by atoms with Crippen molar-refractivity contribution in [3.05, 3.63) is 0 Å². The first-order valence-corrected chi connectivity index (χ1v) is 5.40. The maximum atomic E-state index is 11.7. The molecule has 0 spiro atoms. The van der Waals surface area contributed by atoms with E-state index in [2.05, 4.69) is 5.32 Å². The fourth-order valence-corrected chi connectivity index (χ4v) is 1.59. The summed E-state index contributed by atoms with van der Waals surface area (Å²) in [6, 6.07) is -0.817. The molecule has 1 saturated heterocycles. The zero-order valence-corrected chi connectivity index (χ0v) is 9.32. The van der Waals surface area contributed by atoms with Crippen LogP contribution in [-0.2, 0) is 4.79 Å². The van der Waals surface area contributed by atoms with Crippen LogP contribution in [0.4, 0.5) is 4.79 Å². The summed E-state index contributed by atoms with van der Waals surface area (Å²) in [6.45, 7) is 4.20. The standard InChI is InChI=1S/C10H19N3O2/c1-7(2)12-10(15)13-6-4-3-5-8(11)9(13)14/h7-8H,3-6,11H2,1-2H3,(H,12,15)/t8-/m0/s1. The van der Waals surface area contributed by atoms with Gasteiger partial charge in [-0.05, 0) is 33.1 Å². The third-order valence-corrected chi connectivity index (χ3v) is 2.39. The summed E-state index contributed by atoms with van der Waals surface area (Å²) < 4.78 is 0. The molecule has 0 radical (unpaired) electrons. The Morgan fingerprint density at radius 3 is 2.80 bits per heavy atom. The number of hydrogen-bond acceptors (Lipinski definition) is 3. The monoisotopic (exact) mass is 213 g/mol. The molecule has 0 aliphatic carbocycles. The molecule has 0 saturated carbocycles. The normalized spacial score (nSPS) is 22.8. The van der Waals surface area contributed by atoms with Crippen LogP contribution in [0.15, 0.2) is 0 Å². The van der Waals surface area contributed by atoms with Gasteiger partial charge in [0.05, 0.1) is 6.04 Å². The minimum atomic E-state index is -0.523. The first-order valence-electron chi connectivity index (χ1n) is 5.40. The highest BCUT2D eigenvalue weighted by Crippen LogP contribution is 2.10. The number of carbonyl (C=O) groups excluding carboxylic acids is 2. The SMILES string of the molecule is CC(C)NC(=O)N1CCCC[C@H](N)C1=O. The average Bonchev–Trinajstić information content (AvgIpc) is 2.29. The molecule has 1 aliphatic rings. The van der Waals surface area contributed by atoms with Crippen molar-refractivity contribution in [3.63, 3.8) is 0 Å². The van der Waals surface area contributed by atoms with Crippen molar-refractivity contribution < 1.29 is 9.59 Å². The van der Waals surface area contributed by atoms with Gasteiger partial charge in [-0.1, -0.05) is 0 Å². The zero-order valence-electron chi connectivity index (χ0n) is 9.32. The van der Waals surface area contributed by atoms with Gasteiger partial charge in [0.2, 0.25) is 5.91 Å². The number of carbonyl (C=O) groups is 2. The lowest BCUT2D eigenvalue weighted by Gasteiger charge is -2.22. The van der Waals surface area contributed by atoms with Gasteiger partial charge in [0.15, 0.2) is 0 Å². The van der Waals surface area contributed by atoms with E-state index in [1.54, 1.807) is 0 Å². The minimum Gasteiger partial charge on any atom is -0.335 e. The zero-order chi connectivity index (χ0) is 11.4. The third kappa shape index (κ3) is 3.20. The van der Waals surface area contributed by atoms with Crippen molar-refractivity contribution in [2.45, 2.75) is 45.2 Å². The Kier molecular flexibility index (Phi) is 4.08. The topological polar surface area (TPSA) is 75.4 Å². The molecule has 0 unspecified atom stereocenters. The molecular formula is C10H19N3O2. The lowest BCUT2D eigenvalue weighted by Crippen LogP contribution is -2.50. The second-order valence-corrected chi connectivity index (χ2v) is 4.20. The van der Waals surface area contributed by atoms with E-state index >= 15 is 0 Å². The second kappa shape index (κ2) is 5.11. The molecule has 5 nitrogen and oxygen atoms in total. The van der Waals surface area contributed by atoms with E-state index in [0.717, 1.165) is 12.8 Å². The van der Waals surface area contributed by atoms with Gasteiger partial charge in [-0.3, -0.25) is 9.69 Å². The molecule has 3 N–H and O–H groups in total. The number of nitrogens with zero attached hydrogens (tertiary/aromatic N) is 1. The van der Waals surface area contributed by atoms with Crippen LogP contribution in [-0.4, -0.2) is 35.5 Å². The fraction of sp³-hybridized carbons (Fsp3) is 0.800. The lowest BCUT2D eigenvalue weighted by atomic mass is 10.1. The van der Waals surface area contributed by atoms with Crippen molar-refractivity contribution in [1.29, 1.82) is 0 Å². The van der Waals surface area contributed by atoms with E-state index in [9.17, 15) is 9.59 Å². The van der Waals surface area contributed by atoms with Gasteiger partial charge >= 0.3 is 6.03 Å². The van der Waals surface area contributed by atoms with Crippen LogP contribution in [0, 0.1) is 0 Å². The number of urea groups is 1. The summed E-state index contributed by atoms with van der Waals surface area (Å²) in [4.78, 5) is 24.6. The first-order chi connectivity index (χ1) is 7.02. The van der Waals surface area contributed by atoms with Crippen LogP contribution in [0.2, 0.25) is 0 Å². The molecule has 0 aromatic carbocycles. The van der Waals surface area contributed by atoms with Crippen LogP contribution in [0.25, 0.3) is 0 Å². The van der Waals surface area contributed by atoms with Gasteiger partial charge in [0.1, 0.15) is 0 Å². The molecule has 1 heterocycles. The van der Waals surface area contributed by atoms with E-state index in [0.29, 0.717) is 13.0 Å². The molecule has 0 aromatic heterocycles. The molecule has 3 amide bonds. The summed E-state index contributed by atoms with van der Waals surface area (Å²) >= 11 is 0. The molecule has 0 aromatic rings. The molecule has 5 heteroatoms. The molecule has 1 atom stereocenters. The molecule has 15 heavy (non-hydrogen) atoms. The maximum absolute atomic E-state index is 11.7. The lowest BCUT2D eigenvalue weighted by molar-refractivity contribution is -0.129. The number of nitrogens with two attached hydrogens (primary N) is 1. The smallest absolute Gasteiger partial charge is 0.324 e. The predicted molar refractivity (Wildman–Crippen MR) is 57.2 cm³/mol. The van der Waals surface area contributed by atoms with Gasteiger partial charge < -0.3 is 11.1 Å². The summed E-state index contributed by atoms with van der Waals surface area (Å²) in [6.07, 6.45) is 2.41. The van der Waals surface area contributed by atoms with E-state index in [1.807, 2.05) is 13.8 Å². The highest BCUT2D eigenvalue weighted by Gasteiger charge is 2.28. The molecule has 1 rings (SSSR count). The predicted octanol–water partition coefficient (Wildman–Crippen LogP) is 0.444. The largest absolute Gasteiger partial charge is 0.335 e. The summed E-state index contributed by atoms with van der Waals surface area (Å²) in [5.41, 5.74) is 5.67. The number of rotatable bonds is 1. The van der Waals surface area contributed by atoms with Gasteiger partial charge in [0.25, 0.3) is 0 Å². The van der Waals surface area contributed by atoms with E-state index in [4.69, 9.17) is 5.73 Å². The van der Waals surface area contributed by atoms with Crippen molar-refractivity contribution in [1.82, 2.24) is 10.2 Å². The number of imide groups is 1. The number of amides is 3. The Morgan fingerprint density at radius 1 is 1.53 bits per heavy atom. The van der Waals surface area contributed by atoms with Gasteiger partial charge in [-0.25, -0.2) is 4.79 Å². The van der Waals surface area contributed by atoms with Crippen molar-refractivity contribution in [2.75, 3.05) is 6.54 Å². The van der Waals surface area contributed by atoms with E-state index in [1.165, 1.54) is 4.90 Å². The maximum Gasteiger partial charge on any atom is 0.324 e. The molecule has 0 bridgehead atoms. The van der Waals surface area contributed by atoms with Crippen LogP contribution in [0.1, 0.15) is 33.1 Å². The highest BCUT2D eigenvalue weighted by atomic mass is 16.2. The molecule has 86 valence electrons. The van der Waals surface area contributed by atoms with Crippen LogP contribution >= 0.6 is 0 Å². The molecule has 1 aliphatic heterocycles. The average molecular weight is 213 g/mol. The van der Waals surface area contributed by atoms with Crippen LogP contribution < -0.4 is 11.1 Å². The molecular weight excluding hydrogens is 194 g/mol. The number of likely N-dealkylation sites (tertiary alicyclic amines) is 1. The quantitative estimate of drug-likeness (QED) is 0.663. The van der Waals surface area contributed by atoms with Gasteiger partial charge in [0, 0.05) is 12.6 Å². The Hall–Kier alpha value is -1.10. The van der Waals surface area contributed by atoms with E-state index in [-0.39, 0.29) is 18.0 Å². The fourth-order valence-electron chi connectivity index (χ4n) is 1.59. The second-order valence-electron chi connectivity index (χ2n) is 4.20. The van der Waals surface area contributed by atoms with E-state index < -0.39 is 6.04 Å². The van der Waals surface area contributed by atoms with Gasteiger partial charge in [-0.2, -0.15) is 0 Å². The highest BCUT2D eigenvalue weighted by molar-refractivity contribution is 5.97. The number of hydrogen-bond donors (Lipinski definition) is 2. The Balaban J connectivity index is 2.65. The van der Waals surface area contributed by atoms with Crippen LogP contribution in [0.5, 0.6) is 0 Å². The third-order valence-electron chi connectivity index (χ3n) is 2.39.